The predicted octanol–water partition coefficient (Wildman–Crippen LogP) is 1.98. The van der Waals surface area contributed by atoms with E-state index in [1.54, 1.807) is 11.0 Å². The van der Waals surface area contributed by atoms with Crippen LogP contribution in [0, 0.1) is 17.8 Å². The molecule has 4 unspecified atom stereocenters. The molecule has 7 nitrogen and oxygen atoms in total. The lowest BCUT2D eigenvalue weighted by atomic mass is 9.86. The molecule has 1 aromatic carbocycles. The lowest BCUT2D eigenvalue weighted by molar-refractivity contribution is -0.149. The molecule has 1 amide bonds. The number of fused-ring (bicyclic) bond motifs is 3. The second kappa shape index (κ2) is 7.15. The average molecular weight is 407 g/mol. The molecule has 0 aromatic heterocycles. The van der Waals surface area contributed by atoms with Crippen LogP contribution in [-0.2, 0) is 30.8 Å². The molecular weight excluding hydrogens is 380 g/mol. The number of hydrogen-bond acceptors (Lipinski definition) is 5. The standard InChI is InChI=1S/C20H26N2O5S/c1-12-6-16-9-17(28(21,25)26)4-5-18(16)22(12)19(23)11-27-20(24)10-15-8-13-2-3-14(15)7-13/h4-5,9,12-15H,2-3,6-8,10-11H2,1H3,(H2,21,25,26). The minimum absolute atomic E-state index is 0.0324. The van der Waals surface area contributed by atoms with Gasteiger partial charge in [0.05, 0.1) is 4.90 Å². The summed E-state index contributed by atoms with van der Waals surface area (Å²) in [5.41, 5.74) is 1.40. The van der Waals surface area contributed by atoms with Crippen molar-refractivity contribution < 1.29 is 22.7 Å². The maximum Gasteiger partial charge on any atom is 0.306 e. The van der Waals surface area contributed by atoms with Crippen molar-refractivity contribution in [3.63, 3.8) is 0 Å². The summed E-state index contributed by atoms with van der Waals surface area (Å²) >= 11 is 0. The summed E-state index contributed by atoms with van der Waals surface area (Å²) in [6, 6.07) is 4.36. The first-order valence-corrected chi connectivity index (χ1v) is 11.4. The summed E-state index contributed by atoms with van der Waals surface area (Å²) in [6.45, 7) is 1.59. The highest BCUT2D eigenvalue weighted by Gasteiger charge is 2.40. The summed E-state index contributed by atoms with van der Waals surface area (Å²) in [5, 5.41) is 5.18. The van der Waals surface area contributed by atoms with Gasteiger partial charge in [-0.25, -0.2) is 13.6 Å². The van der Waals surface area contributed by atoms with Crippen molar-refractivity contribution in [1.29, 1.82) is 0 Å². The van der Waals surface area contributed by atoms with Gasteiger partial charge in [-0.15, -0.1) is 0 Å². The minimum Gasteiger partial charge on any atom is -0.456 e. The first-order valence-electron chi connectivity index (χ1n) is 9.85. The quantitative estimate of drug-likeness (QED) is 0.753. The number of esters is 1. The van der Waals surface area contributed by atoms with E-state index in [0.717, 1.165) is 17.9 Å². The zero-order chi connectivity index (χ0) is 20.1. The zero-order valence-corrected chi connectivity index (χ0v) is 16.8. The smallest absolute Gasteiger partial charge is 0.306 e. The van der Waals surface area contributed by atoms with E-state index in [2.05, 4.69) is 0 Å². The number of rotatable bonds is 5. The molecule has 2 N–H and O–H groups in total. The monoisotopic (exact) mass is 406 g/mol. The molecule has 2 fully saturated rings. The molecule has 1 aromatic rings. The van der Waals surface area contributed by atoms with Crippen molar-refractivity contribution in [2.75, 3.05) is 11.5 Å². The summed E-state index contributed by atoms with van der Waals surface area (Å²) in [7, 11) is -3.79. The highest BCUT2D eigenvalue weighted by atomic mass is 32.2. The highest BCUT2D eigenvalue weighted by Crippen LogP contribution is 2.49. The Bertz CT molecular complexity index is 913. The van der Waals surface area contributed by atoms with E-state index in [1.807, 2.05) is 6.92 Å². The second-order valence-electron chi connectivity index (χ2n) is 8.45. The number of nitrogens with two attached hydrogens (primary N) is 1. The van der Waals surface area contributed by atoms with Gasteiger partial charge in [0.15, 0.2) is 6.61 Å². The molecule has 0 saturated heterocycles. The summed E-state index contributed by atoms with van der Waals surface area (Å²) in [5.74, 6) is 1.23. The third-order valence-electron chi connectivity index (χ3n) is 6.53. The van der Waals surface area contributed by atoms with Crippen LogP contribution in [-0.4, -0.2) is 32.9 Å². The maximum absolute atomic E-state index is 12.7. The maximum atomic E-state index is 12.7. The Morgan fingerprint density at radius 2 is 2.04 bits per heavy atom. The van der Waals surface area contributed by atoms with Crippen LogP contribution < -0.4 is 10.0 Å². The van der Waals surface area contributed by atoms with Crippen molar-refractivity contribution in [2.24, 2.45) is 22.9 Å². The SMILES string of the molecule is CC1Cc2cc(S(N)(=O)=O)ccc2N1C(=O)COC(=O)CC1CC2CCC1C2. The lowest BCUT2D eigenvalue weighted by Gasteiger charge is -2.23. The van der Waals surface area contributed by atoms with E-state index in [-0.39, 0.29) is 29.4 Å². The normalized spacial score (nSPS) is 28.4. The molecule has 28 heavy (non-hydrogen) atoms. The van der Waals surface area contributed by atoms with E-state index in [9.17, 15) is 18.0 Å². The molecule has 152 valence electrons. The first kappa shape index (κ1) is 19.4. The van der Waals surface area contributed by atoms with Crippen molar-refractivity contribution >= 4 is 27.6 Å². The number of sulfonamides is 1. The van der Waals surface area contributed by atoms with Gasteiger partial charge in [0.1, 0.15) is 0 Å². The van der Waals surface area contributed by atoms with Crippen LogP contribution in [0.1, 0.15) is 44.6 Å². The fourth-order valence-corrected chi connectivity index (χ4v) is 5.84. The summed E-state index contributed by atoms with van der Waals surface area (Å²) in [6.07, 6.45) is 5.77. The number of nitrogens with zero attached hydrogens (tertiary/aromatic N) is 1. The highest BCUT2D eigenvalue weighted by molar-refractivity contribution is 7.89. The van der Waals surface area contributed by atoms with E-state index < -0.39 is 10.0 Å². The number of primary sulfonamides is 1. The van der Waals surface area contributed by atoms with Crippen molar-refractivity contribution in [3.05, 3.63) is 23.8 Å². The number of ether oxygens (including phenoxy) is 1. The molecule has 0 spiro atoms. The van der Waals surface area contributed by atoms with E-state index in [1.165, 1.54) is 31.4 Å². The van der Waals surface area contributed by atoms with E-state index >= 15 is 0 Å². The third-order valence-corrected chi connectivity index (χ3v) is 7.44. The topological polar surface area (TPSA) is 107 Å². The van der Waals surface area contributed by atoms with Gasteiger partial charge in [-0.05, 0) is 74.1 Å². The van der Waals surface area contributed by atoms with E-state index in [4.69, 9.17) is 9.88 Å². The van der Waals surface area contributed by atoms with Crippen LogP contribution in [0.5, 0.6) is 0 Å². The van der Waals surface area contributed by atoms with Crippen LogP contribution in [0.4, 0.5) is 5.69 Å². The number of amides is 1. The third kappa shape index (κ3) is 3.67. The number of hydrogen-bond donors (Lipinski definition) is 1. The molecule has 2 aliphatic carbocycles. The van der Waals surface area contributed by atoms with Crippen LogP contribution in [0.25, 0.3) is 0 Å². The van der Waals surface area contributed by atoms with Crippen molar-refractivity contribution in [2.45, 2.75) is 56.4 Å². The van der Waals surface area contributed by atoms with Crippen LogP contribution >= 0.6 is 0 Å². The van der Waals surface area contributed by atoms with Crippen molar-refractivity contribution in [3.8, 4) is 0 Å². The molecule has 4 atom stereocenters. The fourth-order valence-electron chi connectivity index (χ4n) is 5.28. The fraction of sp³-hybridized carbons (Fsp3) is 0.600. The Labute approximate surface area is 165 Å². The van der Waals surface area contributed by atoms with Gasteiger partial charge < -0.3 is 9.64 Å². The molecule has 1 heterocycles. The summed E-state index contributed by atoms with van der Waals surface area (Å²) in [4.78, 5) is 26.5. The number of benzene rings is 1. The first-order chi connectivity index (χ1) is 13.2. The van der Waals surface area contributed by atoms with Gasteiger partial charge in [0.2, 0.25) is 10.0 Å². The van der Waals surface area contributed by atoms with Gasteiger partial charge >= 0.3 is 5.97 Å². The molecule has 4 rings (SSSR count). The second-order valence-corrected chi connectivity index (χ2v) is 10.0. The molecule has 3 aliphatic rings. The van der Waals surface area contributed by atoms with Crippen LogP contribution in [0.3, 0.4) is 0 Å². The van der Waals surface area contributed by atoms with Gasteiger partial charge in [0, 0.05) is 18.2 Å². The largest absolute Gasteiger partial charge is 0.456 e. The molecule has 2 saturated carbocycles. The molecule has 8 heteroatoms. The van der Waals surface area contributed by atoms with Crippen LogP contribution in [0.2, 0.25) is 0 Å². The van der Waals surface area contributed by atoms with Gasteiger partial charge in [-0.3, -0.25) is 9.59 Å². The van der Waals surface area contributed by atoms with E-state index in [0.29, 0.717) is 30.4 Å². The Morgan fingerprint density at radius 3 is 2.68 bits per heavy atom. The predicted molar refractivity (Wildman–Crippen MR) is 103 cm³/mol. The molecule has 0 radical (unpaired) electrons. The van der Waals surface area contributed by atoms with Crippen LogP contribution in [0.15, 0.2) is 23.1 Å². The molecule has 2 bridgehead atoms. The van der Waals surface area contributed by atoms with Gasteiger partial charge in [-0.2, -0.15) is 0 Å². The Kier molecular flexibility index (Phi) is 4.95. The average Bonchev–Trinajstić information content (AvgIpc) is 3.31. The Morgan fingerprint density at radius 1 is 1.25 bits per heavy atom. The van der Waals surface area contributed by atoms with Gasteiger partial charge in [-0.1, -0.05) is 6.42 Å². The number of carbonyl (C=O) groups excluding carboxylic acids is 2. The Hall–Kier alpha value is -1.93. The number of carbonyl (C=O) groups is 2. The zero-order valence-electron chi connectivity index (χ0n) is 16.0. The molecular formula is C20H26N2O5S. The van der Waals surface area contributed by atoms with Gasteiger partial charge in [0.25, 0.3) is 5.91 Å². The minimum atomic E-state index is -3.79. The lowest BCUT2D eigenvalue weighted by Crippen LogP contribution is -2.38. The summed E-state index contributed by atoms with van der Waals surface area (Å²) < 4.78 is 28.4. The number of anilines is 1. The van der Waals surface area contributed by atoms with Crippen molar-refractivity contribution in [1.82, 2.24) is 0 Å². The molecule has 1 aliphatic heterocycles. The Balaban J connectivity index is 1.37.